The van der Waals surface area contributed by atoms with Gasteiger partial charge in [-0.3, -0.25) is 19.7 Å². The molecule has 0 radical (unpaired) electrons. The summed E-state index contributed by atoms with van der Waals surface area (Å²) in [5.74, 6) is -0.835. The number of nitrogens with zero attached hydrogens (tertiary/aromatic N) is 1. The molecule has 0 fully saturated rings. The number of methoxy groups -OCH3 is 1. The molecule has 1 aromatic carbocycles. The van der Waals surface area contributed by atoms with Crippen molar-refractivity contribution in [2.75, 3.05) is 12.4 Å². The number of esters is 1. The molecule has 0 bridgehead atoms. The highest BCUT2D eigenvalue weighted by molar-refractivity contribution is 7.09. The molecule has 2 aromatic rings. The predicted molar refractivity (Wildman–Crippen MR) is 101 cm³/mol. The Hall–Kier alpha value is -2.94. The van der Waals surface area contributed by atoms with E-state index in [1.165, 1.54) is 37.1 Å². The maximum absolute atomic E-state index is 12.2. The van der Waals surface area contributed by atoms with Crippen molar-refractivity contribution in [2.45, 2.75) is 32.3 Å². The van der Waals surface area contributed by atoms with Gasteiger partial charge in [0.05, 0.1) is 18.1 Å². The van der Waals surface area contributed by atoms with Crippen LogP contribution in [0.5, 0.6) is 5.75 Å². The molecule has 0 aliphatic heterocycles. The lowest BCUT2D eigenvalue weighted by molar-refractivity contribution is -0.384. The fourth-order valence-electron chi connectivity index (χ4n) is 2.30. The number of ether oxygens (including phenoxy) is 2. The van der Waals surface area contributed by atoms with Crippen LogP contribution < -0.4 is 10.1 Å². The van der Waals surface area contributed by atoms with Crippen molar-refractivity contribution >= 4 is 34.6 Å². The number of carbonyl (C=O) groups excluding carboxylic acids is 2. The normalized spacial score (nSPS) is 11.5. The molecule has 0 saturated carbocycles. The van der Waals surface area contributed by atoms with E-state index in [2.05, 4.69) is 5.32 Å². The average molecular weight is 392 g/mol. The SMILES string of the molecule is COc1ccc(NC(=O)[C@H](C)OC(=O)CCCc2cccs2)c([N+](=O)[O-])c1. The summed E-state index contributed by atoms with van der Waals surface area (Å²) >= 11 is 1.62. The van der Waals surface area contributed by atoms with Crippen molar-refractivity contribution in [1.82, 2.24) is 0 Å². The van der Waals surface area contributed by atoms with Gasteiger partial charge in [-0.1, -0.05) is 6.07 Å². The van der Waals surface area contributed by atoms with Crippen LogP contribution in [0.4, 0.5) is 11.4 Å². The molecule has 0 aliphatic carbocycles. The Balaban J connectivity index is 1.87. The first-order valence-electron chi connectivity index (χ1n) is 8.26. The van der Waals surface area contributed by atoms with Crippen molar-refractivity contribution in [2.24, 2.45) is 0 Å². The molecule has 0 saturated heterocycles. The van der Waals surface area contributed by atoms with Crippen LogP contribution in [0.3, 0.4) is 0 Å². The van der Waals surface area contributed by atoms with E-state index in [4.69, 9.17) is 9.47 Å². The van der Waals surface area contributed by atoms with Gasteiger partial charge < -0.3 is 14.8 Å². The third kappa shape index (κ3) is 6.07. The Kier molecular flexibility index (Phi) is 7.30. The summed E-state index contributed by atoms with van der Waals surface area (Å²) in [4.78, 5) is 35.8. The maximum Gasteiger partial charge on any atom is 0.306 e. The molecule has 144 valence electrons. The molecular weight excluding hydrogens is 372 g/mol. The summed E-state index contributed by atoms with van der Waals surface area (Å²) in [6, 6.07) is 8.00. The molecular formula is C18H20N2O6S. The predicted octanol–water partition coefficient (Wildman–Crippen LogP) is 3.56. The zero-order chi connectivity index (χ0) is 19.8. The lowest BCUT2D eigenvalue weighted by Crippen LogP contribution is -2.30. The highest BCUT2D eigenvalue weighted by atomic mass is 32.1. The Morgan fingerprint density at radius 2 is 2.11 bits per heavy atom. The Bertz CT molecular complexity index is 806. The number of hydrogen-bond donors (Lipinski definition) is 1. The van der Waals surface area contributed by atoms with Gasteiger partial charge in [0.15, 0.2) is 6.10 Å². The standard InChI is InChI=1S/C18H20N2O6S/c1-12(26-17(21)7-3-5-14-6-4-10-27-14)18(22)19-15-9-8-13(25-2)11-16(15)20(23)24/h4,6,8-12H,3,5,7H2,1-2H3,(H,19,22)/t12-/m0/s1. The second kappa shape index (κ2) is 9.67. The molecule has 1 atom stereocenters. The zero-order valence-corrected chi connectivity index (χ0v) is 15.8. The molecule has 1 aromatic heterocycles. The lowest BCUT2D eigenvalue weighted by Gasteiger charge is -2.14. The van der Waals surface area contributed by atoms with E-state index in [-0.39, 0.29) is 17.8 Å². The molecule has 1 heterocycles. The average Bonchev–Trinajstić information content (AvgIpc) is 3.15. The number of hydrogen-bond acceptors (Lipinski definition) is 7. The Morgan fingerprint density at radius 3 is 2.74 bits per heavy atom. The highest BCUT2D eigenvalue weighted by Crippen LogP contribution is 2.29. The van der Waals surface area contributed by atoms with Crippen molar-refractivity contribution < 1.29 is 24.0 Å². The number of anilines is 1. The number of nitro benzene ring substituents is 1. The van der Waals surface area contributed by atoms with Crippen molar-refractivity contribution in [3.63, 3.8) is 0 Å². The van der Waals surface area contributed by atoms with Gasteiger partial charge in [-0.05, 0) is 43.3 Å². The topological polar surface area (TPSA) is 108 Å². The van der Waals surface area contributed by atoms with Gasteiger partial charge in [0.2, 0.25) is 0 Å². The molecule has 27 heavy (non-hydrogen) atoms. The minimum absolute atomic E-state index is 0.00592. The largest absolute Gasteiger partial charge is 0.496 e. The third-order valence-corrected chi connectivity index (χ3v) is 4.66. The Morgan fingerprint density at radius 1 is 1.33 bits per heavy atom. The summed E-state index contributed by atoms with van der Waals surface area (Å²) in [5.41, 5.74) is -0.302. The van der Waals surface area contributed by atoms with E-state index >= 15 is 0 Å². The van der Waals surface area contributed by atoms with Crippen LogP contribution in [0.1, 0.15) is 24.6 Å². The minimum atomic E-state index is -1.07. The number of rotatable bonds is 9. The molecule has 1 N–H and O–H groups in total. The first-order valence-corrected chi connectivity index (χ1v) is 9.14. The van der Waals surface area contributed by atoms with E-state index < -0.39 is 22.9 Å². The van der Waals surface area contributed by atoms with E-state index in [0.717, 1.165) is 6.42 Å². The van der Waals surface area contributed by atoms with Gasteiger partial charge >= 0.3 is 5.97 Å². The van der Waals surface area contributed by atoms with Crippen LogP contribution in [0.15, 0.2) is 35.7 Å². The Labute approximate surface area is 160 Å². The first-order chi connectivity index (χ1) is 12.9. The van der Waals surface area contributed by atoms with Crippen LogP contribution in [-0.2, 0) is 20.7 Å². The summed E-state index contributed by atoms with van der Waals surface area (Å²) in [7, 11) is 1.39. The first kappa shape index (κ1) is 20.4. The molecule has 9 heteroatoms. The highest BCUT2D eigenvalue weighted by Gasteiger charge is 2.22. The van der Waals surface area contributed by atoms with E-state index in [0.29, 0.717) is 12.2 Å². The fraction of sp³-hybridized carbons (Fsp3) is 0.333. The van der Waals surface area contributed by atoms with Gasteiger partial charge in [-0.2, -0.15) is 0 Å². The van der Waals surface area contributed by atoms with E-state index in [9.17, 15) is 19.7 Å². The van der Waals surface area contributed by atoms with Crippen LogP contribution in [0.2, 0.25) is 0 Å². The molecule has 0 unspecified atom stereocenters. The number of benzene rings is 1. The monoisotopic (exact) mass is 392 g/mol. The third-order valence-electron chi connectivity index (χ3n) is 3.72. The van der Waals surface area contributed by atoms with Crippen molar-refractivity contribution in [3.05, 3.63) is 50.7 Å². The van der Waals surface area contributed by atoms with E-state index in [1.54, 1.807) is 11.3 Å². The fourth-order valence-corrected chi connectivity index (χ4v) is 3.05. The number of thiophene rings is 1. The minimum Gasteiger partial charge on any atom is -0.496 e. The van der Waals surface area contributed by atoms with Crippen LogP contribution in [0, 0.1) is 10.1 Å². The van der Waals surface area contributed by atoms with Gasteiger partial charge in [-0.25, -0.2) is 0 Å². The lowest BCUT2D eigenvalue weighted by atomic mass is 10.2. The number of carbonyl (C=O) groups is 2. The summed E-state index contributed by atoms with van der Waals surface area (Å²) in [6.07, 6.45) is 0.516. The van der Waals surface area contributed by atoms with Gasteiger partial charge in [-0.15, -0.1) is 11.3 Å². The second-order valence-corrected chi connectivity index (χ2v) is 6.73. The molecule has 1 amide bonds. The number of amides is 1. The van der Waals surface area contributed by atoms with Crippen LogP contribution in [0.25, 0.3) is 0 Å². The quantitative estimate of drug-likeness (QED) is 0.397. The van der Waals surface area contributed by atoms with Crippen molar-refractivity contribution in [3.8, 4) is 5.75 Å². The molecule has 0 aliphatic rings. The van der Waals surface area contributed by atoms with Crippen LogP contribution in [-0.4, -0.2) is 30.0 Å². The summed E-state index contributed by atoms with van der Waals surface area (Å²) < 4.78 is 10.1. The smallest absolute Gasteiger partial charge is 0.306 e. The molecule has 8 nitrogen and oxygen atoms in total. The number of nitrogens with one attached hydrogen (secondary N) is 1. The number of nitro groups is 1. The van der Waals surface area contributed by atoms with Gasteiger partial charge in [0.1, 0.15) is 11.4 Å². The maximum atomic E-state index is 12.2. The van der Waals surface area contributed by atoms with Crippen LogP contribution >= 0.6 is 11.3 Å². The van der Waals surface area contributed by atoms with Crippen molar-refractivity contribution in [1.29, 1.82) is 0 Å². The summed E-state index contributed by atoms with van der Waals surface area (Å²) in [6.45, 7) is 1.42. The second-order valence-electron chi connectivity index (χ2n) is 5.69. The molecule has 2 rings (SSSR count). The van der Waals surface area contributed by atoms with Gasteiger partial charge in [0.25, 0.3) is 11.6 Å². The number of aryl methyl sites for hydroxylation is 1. The summed E-state index contributed by atoms with van der Waals surface area (Å²) in [5, 5.41) is 15.5. The zero-order valence-electron chi connectivity index (χ0n) is 15.0. The van der Waals surface area contributed by atoms with E-state index in [1.807, 2.05) is 17.5 Å². The molecule has 0 spiro atoms. The van der Waals surface area contributed by atoms with Gasteiger partial charge in [0, 0.05) is 11.3 Å².